The molecule has 5 heteroatoms. The molecule has 1 aliphatic carbocycles. The molecule has 17 heavy (non-hydrogen) atoms. The maximum absolute atomic E-state index is 11.7. The van der Waals surface area contributed by atoms with E-state index in [1.54, 1.807) is 0 Å². The number of carbonyl (C=O) groups is 3. The van der Waals surface area contributed by atoms with Gasteiger partial charge in [-0.15, -0.1) is 0 Å². The average molecular weight is 238 g/mol. The molecule has 0 radical (unpaired) electrons. The van der Waals surface area contributed by atoms with Gasteiger partial charge in [-0.1, -0.05) is 12.8 Å². The number of amides is 3. The van der Waals surface area contributed by atoms with Gasteiger partial charge in [0, 0.05) is 12.8 Å². The molecule has 0 spiro atoms. The largest absolute Gasteiger partial charge is 0.344 e. The lowest BCUT2D eigenvalue weighted by atomic mass is 10.0. The molecular formula is C12H18N2O3. The quantitative estimate of drug-likeness (QED) is 0.702. The van der Waals surface area contributed by atoms with Crippen molar-refractivity contribution in [2.45, 2.75) is 51.0 Å². The summed E-state index contributed by atoms with van der Waals surface area (Å²) in [7, 11) is 0. The molecule has 2 N–H and O–H groups in total. The summed E-state index contributed by atoms with van der Waals surface area (Å²) in [6.07, 6.45) is 5.87. The lowest BCUT2D eigenvalue weighted by molar-refractivity contribution is -0.137. The second-order valence-electron chi connectivity index (χ2n) is 4.93. The van der Waals surface area contributed by atoms with E-state index in [4.69, 9.17) is 0 Å². The molecule has 1 unspecified atom stereocenters. The average Bonchev–Trinajstić information content (AvgIpc) is 2.75. The van der Waals surface area contributed by atoms with Gasteiger partial charge in [0.2, 0.25) is 17.7 Å². The van der Waals surface area contributed by atoms with Crippen LogP contribution in [-0.2, 0) is 14.4 Å². The number of imide groups is 1. The highest BCUT2D eigenvalue weighted by Gasteiger charge is 2.28. The topological polar surface area (TPSA) is 75.3 Å². The highest BCUT2D eigenvalue weighted by molar-refractivity contribution is 6.01. The first kappa shape index (κ1) is 12.1. The molecular weight excluding hydrogens is 220 g/mol. The number of nitrogens with one attached hydrogen (secondary N) is 2. The zero-order chi connectivity index (χ0) is 12.3. The predicted octanol–water partition coefficient (Wildman–Crippen LogP) is 0.488. The number of rotatable bonds is 3. The first-order chi connectivity index (χ1) is 8.15. The van der Waals surface area contributed by atoms with E-state index in [-0.39, 0.29) is 17.7 Å². The van der Waals surface area contributed by atoms with Crippen LogP contribution < -0.4 is 10.6 Å². The number of piperidine rings is 1. The van der Waals surface area contributed by atoms with Crippen molar-refractivity contribution in [3.63, 3.8) is 0 Å². The molecule has 1 saturated heterocycles. The summed E-state index contributed by atoms with van der Waals surface area (Å²) in [5.74, 6) is -0.216. The standard InChI is InChI=1S/C12H18N2O3/c15-10-6-5-9(12(17)14-10)13-11(16)7-8-3-1-2-4-8/h8-9H,1-7H2,(H,13,16)(H,14,15,17). The Kier molecular flexibility index (Phi) is 3.76. The van der Waals surface area contributed by atoms with Crippen molar-refractivity contribution in [3.8, 4) is 0 Å². The molecule has 0 aromatic rings. The lowest BCUT2D eigenvalue weighted by Gasteiger charge is -2.22. The fraction of sp³-hybridized carbons (Fsp3) is 0.750. The number of carbonyl (C=O) groups excluding carboxylic acids is 3. The number of hydrogen-bond donors (Lipinski definition) is 2. The Balaban J connectivity index is 1.77. The van der Waals surface area contributed by atoms with Crippen molar-refractivity contribution in [1.82, 2.24) is 10.6 Å². The maximum atomic E-state index is 11.7. The summed E-state index contributed by atoms with van der Waals surface area (Å²) >= 11 is 0. The molecule has 3 amide bonds. The second-order valence-corrected chi connectivity index (χ2v) is 4.93. The van der Waals surface area contributed by atoms with Crippen molar-refractivity contribution < 1.29 is 14.4 Å². The van der Waals surface area contributed by atoms with Crippen LogP contribution in [0.2, 0.25) is 0 Å². The van der Waals surface area contributed by atoms with E-state index in [9.17, 15) is 14.4 Å². The van der Waals surface area contributed by atoms with E-state index in [1.807, 2.05) is 0 Å². The van der Waals surface area contributed by atoms with Gasteiger partial charge >= 0.3 is 0 Å². The molecule has 0 aromatic heterocycles. The highest BCUT2D eigenvalue weighted by Crippen LogP contribution is 2.27. The minimum absolute atomic E-state index is 0.0635. The summed E-state index contributed by atoms with van der Waals surface area (Å²) in [4.78, 5) is 34.1. The van der Waals surface area contributed by atoms with Crippen molar-refractivity contribution in [1.29, 1.82) is 0 Å². The zero-order valence-electron chi connectivity index (χ0n) is 9.83. The lowest BCUT2D eigenvalue weighted by Crippen LogP contribution is -2.52. The fourth-order valence-electron chi connectivity index (χ4n) is 2.56. The van der Waals surface area contributed by atoms with Crippen LogP contribution in [0.1, 0.15) is 44.9 Å². The van der Waals surface area contributed by atoms with E-state index >= 15 is 0 Å². The van der Waals surface area contributed by atoms with Crippen LogP contribution in [0.25, 0.3) is 0 Å². The van der Waals surface area contributed by atoms with Gasteiger partial charge in [0.1, 0.15) is 6.04 Å². The second kappa shape index (κ2) is 5.29. The molecule has 0 bridgehead atoms. The molecule has 1 aliphatic heterocycles. The Labute approximate surface area is 100 Å². The van der Waals surface area contributed by atoms with E-state index in [0.29, 0.717) is 25.2 Å². The van der Waals surface area contributed by atoms with Crippen molar-refractivity contribution in [2.75, 3.05) is 0 Å². The van der Waals surface area contributed by atoms with Crippen LogP contribution in [0.3, 0.4) is 0 Å². The van der Waals surface area contributed by atoms with Gasteiger partial charge in [-0.2, -0.15) is 0 Å². The summed E-state index contributed by atoms with van der Waals surface area (Å²) in [6, 6.07) is -0.526. The van der Waals surface area contributed by atoms with Gasteiger partial charge in [0.05, 0.1) is 0 Å². The van der Waals surface area contributed by atoms with Gasteiger partial charge in [0.15, 0.2) is 0 Å². The van der Waals surface area contributed by atoms with E-state index in [2.05, 4.69) is 10.6 Å². The predicted molar refractivity (Wildman–Crippen MR) is 60.9 cm³/mol. The minimum atomic E-state index is -0.526. The first-order valence-electron chi connectivity index (χ1n) is 6.28. The Hall–Kier alpha value is -1.39. The molecule has 2 fully saturated rings. The summed E-state index contributed by atoms with van der Waals surface area (Å²) in [5, 5.41) is 4.95. The van der Waals surface area contributed by atoms with Gasteiger partial charge in [0.25, 0.3) is 0 Å². The Morgan fingerprint density at radius 1 is 1.24 bits per heavy atom. The molecule has 1 atom stereocenters. The van der Waals surface area contributed by atoms with Crippen molar-refractivity contribution in [3.05, 3.63) is 0 Å². The normalized spacial score (nSPS) is 25.8. The molecule has 0 aromatic carbocycles. The Bertz CT molecular complexity index is 335. The van der Waals surface area contributed by atoms with Gasteiger partial charge in [-0.3, -0.25) is 19.7 Å². The van der Waals surface area contributed by atoms with Crippen LogP contribution >= 0.6 is 0 Å². The molecule has 1 heterocycles. The fourth-order valence-corrected chi connectivity index (χ4v) is 2.56. The summed E-state index contributed by atoms with van der Waals surface area (Å²) in [5.41, 5.74) is 0. The smallest absolute Gasteiger partial charge is 0.249 e. The molecule has 94 valence electrons. The molecule has 1 saturated carbocycles. The maximum Gasteiger partial charge on any atom is 0.249 e. The Morgan fingerprint density at radius 3 is 2.59 bits per heavy atom. The van der Waals surface area contributed by atoms with Gasteiger partial charge in [-0.05, 0) is 25.2 Å². The van der Waals surface area contributed by atoms with Crippen LogP contribution in [-0.4, -0.2) is 23.8 Å². The van der Waals surface area contributed by atoms with Crippen molar-refractivity contribution >= 4 is 17.7 Å². The van der Waals surface area contributed by atoms with E-state index < -0.39 is 6.04 Å². The van der Waals surface area contributed by atoms with Crippen molar-refractivity contribution in [2.24, 2.45) is 5.92 Å². The number of hydrogen-bond acceptors (Lipinski definition) is 3. The Morgan fingerprint density at radius 2 is 1.94 bits per heavy atom. The monoisotopic (exact) mass is 238 g/mol. The van der Waals surface area contributed by atoms with E-state index in [1.165, 1.54) is 12.8 Å². The third-order valence-corrected chi connectivity index (χ3v) is 3.52. The molecule has 2 aliphatic rings. The van der Waals surface area contributed by atoms with Gasteiger partial charge < -0.3 is 5.32 Å². The van der Waals surface area contributed by atoms with Crippen LogP contribution in [0.15, 0.2) is 0 Å². The highest BCUT2D eigenvalue weighted by atomic mass is 16.2. The van der Waals surface area contributed by atoms with Crippen LogP contribution in [0.4, 0.5) is 0 Å². The third kappa shape index (κ3) is 3.28. The van der Waals surface area contributed by atoms with Gasteiger partial charge in [-0.25, -0.2) is 0 Å². The van der Waals surface area contributed by atoms with Crippen LogP contribution in [0, 0.1) is 5.92 Å². The molecule has 2 rings (SSSR count). The third-order valence-electron chi connectivity index (χ3n) is 3.52. The molecule has 5 nitrogen and oxygen atoms in total. The van der Waals surface area contributed by atoms with E-state index in [0.717, 1.165) is 12.8 Å². The van der Waals surface area contributed by atoms with Crippen LogP contribution in [0.5, 0.6) is 0 Å². The first-order valence-corrected chi connectivity index (χ1v) is 6.28. The SMILES string of the molecule is O=C1CCC(NC(=O)CC2CCCC2)C(=O)N1. The summed E-state index contributed by atoms with van der Waals surface area (Å²) in [6.45, 7) is 0. The zero-order valence-corrected chi connectivity index (χ0v) is 9.83. The minimum Gasteiger partial charge on any atom is -0.344 e. The summed E-state index contributed by atoms with van der Waals surface area (Å²) < 4.78 is 0.